The highest BCUT2D eigenvalue weighted by molar-refractivity contribution is 6.29. The maximum Gasteiger partial charge on any atom is 0.407 e. The highest BCUT2D eigenvalue weighted by atomic mass is 35.5. The number of halogens is 1. The zero-order chi connectivity index (χ0) is 15.6. The summed E-state index contributed by atoms with van der Waals surface area (Å²) in [5, 5.41) is 9.26. The van der Waals surface area contributed by atoms with E-state index in [0.29, 0.717) is 31.0 Å². The Morgan fingerprint density at radius 2 is 2.14 bits per heavy atom. The number of carbonyl (C=O) groups excluding carboxylic acids is 1. The molecule has 1 aromatic heterocycles. The number of pyridine rings is 1. The van der Waals surface area contributed by atoms with E-state index in [4.69, 9.17) is 16.7 Å². The van der Waals surface area contributed by atoms with Crippen LogP contribution in [0, 0.1) is 0 Å². The topological polar surface area (TPSA) is 83.0 Å². The van der Waals surface area contributed by atoms with E-state index < -0.39 is 12.1 Å². The molecule has 114 valence electrons. The fraction of sp³-hybridized carbons (Fsp3) is 0.462. The minimum absolute atomic E-state index is 0.168. The van der Waals surface area contributed by atoms with Crippen LogP contribution in [0.15, 0.2) is 12.1 Å². The van der Waals surface area contributed by atoms with Crippen molar-refractivity contribution in [1.82, 2.24) is 9.88 Å². The van der Waals surface area contributed by atoms with Crippen LogP contribution in [0.2, 0.25) is 5.15 Å². The van der Waals surface area contributed by atoms with Gasteiger partial charge in [0.1, 0.15) is 11.0 Å². The number of rotatable bonds is 2. The number of hydrogen-bond acceptors (Lipinski definition) is 5. The Morgan fingerprint density at radius 1 is 1.43 bits per heavy atom. The van der Waals surface area contributed by atoms with Gasteiger partial charge in [0.15, 0.2) is 0 Å². The second-order valence-electron chi connectivity index (χ2n) is 4.80. The number of piperazine rings is 1. The Morgan fingerprint density at radius 3 is 2.71 bits per heavy atom. The Balaban J connectivity index is 2.21. The quantitative estimate of drug-likeness (QED) is 0.661. The van der Waals surface area contributed by atoms with Crippen molar-refractivity contribution in [3.05, 3.63) is 22.8 Å². The van der Waals surface area contributed by atoms with Gasteiger partial charge in [-0.25, -0.2) is 14.6 Å². The summed E-state index contributed by atoms with van der Waals surface area (Å²) in [4.78, 5) is 30.1. The molecular weight excluding hydrogens is 298 g/mol. The molecule has 0 spiro atoms. The van der Waals surface area contributed by atoms with E-state index in [2.05, 4.69) is 9.72 Å². The van der Waals surface area contributed by atoms with Crippen LogP contribution < -0.4 is 4.90 Å². The molecule has 1 amide bonds. The average Bonchev–Trinajstić information content (AvgIpc) is 2.45. The van der Waals surface area contributed by atoms with Crippen molar-refractivity contribution in [1.29, 1.82) is 0 Å². The lowest BCUT2D eigenvalue weighted by molar-refractivity contribution is 0.0600. The van der Waals surface area contributed by atoms with E-state index in [1.165, 1.54) is 18.1 Å². The van der Waals surface area contributed by atoms with Gasteiger partial charge in [0.25, 0.3) is 0 Å². The number of esters is 1. The van der Waals surface area contributed by atoms with Crippen molar-refractivity contribution in [2.45, 2.75) is 13.0 Å². The standard InChI is InChI=1S/C13H16ClN3O4/c1-8-7-16(3-4-17(8)13(19)20)11-6-9(12(18)21-2)5-10(14)15-11/h5-6,8H,3-4,7H2,1-2H3,(H,19,20)/t8-/m0/s1. The molecule has 1 aliphatic rings. The van der Waals surface area contributed by atoms with Crippen molar-refractivity contribution in [2.24, 2.45) is 0 Å². The van der Waals surface area contributed by atoms with Crippen LogP contribution in [0.5, 0.6) is 0 Å². The van der Waals surface area contributed by atoms with Crippen molar-refractivity contribution >= 4 is 29.5 Å². The molecule has 1 atom stereocenters. The van der Waals surface area contributed by atoms with Gasteiger partial charge in [-0.3, -0.25) is 0 Å². The van der Waals surface area contributed by atoms with Gasteiger partial charge in [-0.05, 0) is 19.1 Å². The molecule has 2 heterocycles. The average molecular weight is 314 g/mol. The van der Waals surface area contributed by atoms with Crippen LogP contribution >= 0.6 is 11.6 Å². The Kier molecular flexibility index (Phi) is 4.52. The Bertz CT molecular complexity index is 566. The molecule has 0 aliphatic carbocycles. The molecule has 0 unspecified atom stereocenters. The van der Waals surface area contributed by atoms with E-state index in [9.17, 15) is 9.59 Å². The third-order valence-corrected chi connectivity index (χ3v) is 3.59. The predicted molar refractivity (Wildman–Crippen MR) is 77.0 cm³/mol. The molecule has 2 rings (SSSR count). The van der Waals surface area contributed by atoms with Gasteiger partial charge >= 0.3 is 12.1 Å². The van der Waals surface area contributed by atoms with Crippen LogP contribution in [0.3, 0.4) is 0 Å². The smallest absolute Gasteiger partial charge is 0.407 e. The number of aromatic nitrogens is 1. The summed E-state index contributed by atoms with van der Waals surface area (Å²) in [5.74, 6) is 0.0533. The predicted octanol–water partition coefficient (Wildman–Crippen LogP) is 1.71. The van der Waals surface area contributed by atoms with Gasteiger partial charge in [0, 0.05) is 25.7 Å². The monoisotopic (exact) mass is 313 g/mol. The van der Waals surface area contributed by atoms with Crippen molar-refractivity contribution < 1.29 is 19.4 Å². The van der Waals surface area contributed by atoms with E-state index >= 15 is 0 Å². The largest absolute Gasteiger partial charge is 0.465 e. The molecule has 8 heteroatoms. The van der Waals surface area contributed by atoms with Crippen molar-refractivity contribution in [3.8, 4) is 0 Å². The molecular formula is C13H16ClN3O4. The van der Waals surface area contributed by atoms with Crippen LogP contribution in [-0.4, -0.2) is 59.8 Å². The number of carboxylic acid groups (broad SMARTS) is 1. The zero-order valence-electron chi connectivity index (χ0n) is 11.7. The summed E-state index contributed by atoms with van der Waals surface area (Å²) in [6.45, 7) is 3.18. The molecule has 21 heavy (non-hydrogen) atoms. The number of carbonyl (C=O) groups is 2. The molecule has 1 fully saturated rings. The summed E-state index contributed by atoms with van der Waals surface area (Å²) in [7, 11) is 1.30. The molecule has 1 N–H and O–H groups in total. The maximum absolute atomic E-state index is 11.6. The molecule has 0 radical (unpaired) electrons. The second kappa shape index (κ2) is 6.17. The lowest BCUT2D eigenvalue weighted by Crippen LogP contribution is -2.54. The molecule has 0 saturated carbocycles. The summed E-state index contributed by atoms with van der Waals surface area (Å²) in [5.41, 5.74) is 0.320. The molecule has 7 nitrogen and oxygen atoms in total. The number of hydrogen-bond donors (Lipinski definition) is 1. The van der Waals surface area contributed by atoms with E-state index in [0.717, 1.165) is 0 Å². The minimum atomic E-state index is -0.934. The van der Waals surface area contributed by atoms with Crippen molar-refractivity contribution in [2.75, 3.05) is 31.6 Å². The lowest BCUT2D eigenvalue weighted by atomic mass is 10.2. The second-order valence-corrected chi connectivity index (χ2v) is 5.19. The SMILES string of the molecule is COC(=O)c1cc(Cl)nc(N2CCN(C(=O)O)[C@@H](C)C2)c1. The number of methoxy groups -OCH3 is 1. The van der Waals surface area contributed by atoms with Crippen LogP contribution in [0.25, 0.3) is 0 Å². The normalized spacial score (nSPS) is 18.5. The molecule has 1 aliphatic heterocycles. The number of amides is 1. The molecule has 0 aromatic carbocycles. The Hall–Kier alpha value is -2.02. The van der Waals surface area contributed by atoms with Crippen LogP contribution in [0.1, 0.15) is 17.3 Å². The van der Waals surface area contributed by atoms with E-state index in [1.807, 2.05) is 11.8 Å². The fourth-order valence-corrected chi connectivity index (χ4v) is 2.53. The third-order valence-electron chi connectivity index (χ3n) is 3.40. The molecule has 0 bridgehead atoms. The van der Waals surface area contributed by atoms with Gasteiger partial charge in [-0.15, -0.1) is 0 Å². The first-order valence-corrected chi connectivity index (χ1v) is 6.80. The zero-order valence-corrected chi connectivity index (χ0v) is 12.5. The summed E-state index contributed by atoms with van der Waals surface area (Å²) < 4.78 is 4.67. The first kappa shape index (κ1) is 15.4. The lowest BCUT2D eigenvalue weighted by Gasteiger charge is -2.38. The summed E-state index contributed by atoms with van der Waals surface area (Å²) in [6, 6.07) is 2.87. The maximum atomic E-state index is 11.6. The van der Waals surface area contributed by atoms with E-state index in [-0.39, 0.29) is 11.2 Å². The van der Waals surface area contributed by atoms with Gasteiger partial charge < -0.3 is 19.6 Å². The van der Waals surface area contributed by atoms with Crippen LogP contribution in [0.4, 0.5) is 10.6 Å². The van der Waals surface area contributed by atoms with Gasteiger partial charge in [-0.1, -0.05) is 11.6 Å². The minimum Gasteiger partial charge on any atom is -0.465 e. The van der Waals surface area contributed by atoms with Gasteiger partial charge in [-0.2, -0.15) is 0 Å². The molecule has 1 saturated heterocycles. The highest BCUT2D eigenvalue weighted by Gasteiger charge is 2.28. The van der Waals surface area contributed by atoms with Crippen molar-refractivity contribution in [3.63, 3.8) is 0 Å². The Labute approximate surface area is 127 Å². The van der Waals surface area contributed by atoms with E-state index in [1.54, 1.807) is 6.07 Å². The summed E-state index contributed by atoms with van der Waals surface area (Å²) >= 11 is 5.94. The van der Waals surface area contributed by atoms with Gasteiger partial charge in [0.05, 0.1) is 12.7 Å². The highest BCUT2D eigenvalue weighted by Crippen LogP contribution is 2.22. The fourth-order valence-electron chi connectivity index (χ4n) is 2.33. The summed E-state index contributed by atoms with van der Waals surface area (Å²) in [6.07, 6.45) is -0.934. The molecule has 1 aromatic rings. The first-order valence-electron chi connectivity index (χ1n) is 6.42. The number of anilines is 1. The number of ether oxygens (including phenoxy) is 1. The van der Waals surface area contributed by atoms with Crippen LogP contribution in [-0.2, 0) is 4.74 Å². The van der Waals surface area contributed by atoms with Gasteiger partial charge in [0.2, 0.25) is 0 Å². The third kappa shape index (κ3) is 3.36. The number of nitrogens with zero attached hydrogens (tertiary/aromatic N) is 3. The first-order chi connectivity index (χ1) is 9.92.